The van der Waals surface area contributed by atoms with E-state index in [1.807, 2.05) is 11.6 Å². The molecule has 2 heterocycles. The van der Waals surface area contributed by atoms with Crippen molar-refractivity contribution in [2.75, 3.05) is 19.7 Å². The van der Waals surface area contributed by atoms with Crippen molar-refractivity contribution in [2.24, 2.45) is 7.05 Å². The highest BCUT2D eigenvalue weighted by Crippen LogP contribution is 2.18. The number of carbonyl (C=O) groups is 2. The second-order valence-corrected chi connectivity index (χ2v) is 5.40. The van der Waals surface area contributed by atoms with Gasteiger partial charge in [-0.2, -0.15) is 0 Å². The molecule has 0 aromatic carbocycles. The minimum Gasteiger partial charge on any atom is -0.479 e. The first-order valence-corrected chi connectivity index (χ1v) is 7.17. The van der Waals surface area contributed by atoms with Gasteiger partial charge in [0.25, 0.3) is 0 Å². The zero-order valence-corrected chi connectivity index (χ0v) is 12.8. The molecular weight excluding hydrogens is 290 g/mol. The number of nitrogens with zero attached hydrogens (tertiary/aromatic N) is 5. The number of rotatable bonds is 6. The van der Waals surface area contributed by atoms with Crippen LogP contribution in [0.4, 0.5) is 0 Å². The summed E-state index contributed by atoms with van der Waals surface area (Å²) in [5.74, 6) is -0.536. The van der Waals surface area contributed by atoms with Gasteiger partial charge in [-0.3, -0.25) is 14.5 Å². The highest BCUT2D eigenvalue weighted by Gasteiger charge is 2.29. The van der Waals surface area contributed by atoms with E-state index in [1.165, 1.54) is 12.0 Å². The van der Waals surface area contributed by atoms with Gasteiger partial charge in [0, 0.05) is 20.5 Å². The van der Waals surface area contributed by atoms with Gasteiger partial charge in [-0.25, -0.2) is 9.86 Å². The summed E-state index contributed by atoms with van der Waals surface area (Å²) < 4.78 is 1.85. The number of carboxylic acid groups (broad SMARTS) is 1. The van der Waals surface area contributed by atoms with Crippen LogP contribution in [0.15, 0.2) is 6.33 Å². The van der Waals surface area contributed by atoms with Crippen molar-refractivity contribution in [1.29, 1.82) is 0 Å². The molecule has 0 spiro atoms. The van der Waals surface area contributed by atoms with Crippen LogP contribution >= 0.6 is 0 Å². The topological polar surface area (TPSA) is 101 Å². The molecule has 1 saturated heterocycles. The third-order valence-electron chi connectivity index (χ3n) is 3.62. The molecule has 9 nitrogen and oxygen atoms in total. The smallest absolute Gasteiger partial charge is 0.332 e. The fourth-order valence-corrected chi connectivity index (χ4v) is 2.59. The first-order chi connectivity index (χ1) is 10.5. The van der Waals surface area contributed by atoms with Gasteiger partial charge >= 0.3 is 5.97 Å². The molecule has 1 aromatic heterocycles. The highest BCUT2D eigenvalue weighted by molar-refractivity contribution is 5.73. The summed E-state index contributed by atoms with van der Waals surface area (Å²) in [4.78, 5) is 29.6. The molecule has 22 heavy (non-hydrogen) atoms. The Bertz CT molecular complexity index is 532. The van der Waals surface area contributed by atoms with Gasteiger partial charge in [0.2, 0.25) is 5.91 Å². The van der Waals surface area contributed by atoms with Crippen molar-refractivity contribution in [1.82, 2.24) is 24.7 Å². The summed E-state index contributed by atoms with van der Waals surface area (Å²) in [6.07, 6.45) is 3.34. The average molecular weight is 311 g/mol. The number of hydrogen-bond acceptors (Lipinski definition) is 6. The Morgan fingerprint density at radius 3 is 2.91 bits per heavy atom. The lowest BCUT2D eigenvalue weighted by molar-refractivity contribution is -0.207. The number of aliphatic carboxylic acids is 1. The number of carbonyl (C=O) groups excluding carboxylic acids is 1. The molecule has 1 fully saturated rings. The lowest BCUT2D eigenvalue weighted by atomic mass is 10.1. The van der Waals surface area contributed by atoms with Crippen molar-refractivity contribution >= 4 is 11.9 Å². The molecule has 9 heteroatoms. The lowest BCUT2D eigenvalue weighted by Gasteiger charge is -2.37. The average Bonchev–Trinajstić information content (AvgIpc) is 2.84. The molecule has 0 aliphatic carbocycles. The van der Waals surface area contributed by atoms with Gasteiger partial charge in [0.05, 0.1) is 12.6 Å². The first kappa shape index (κ1) is 16.4. The molecule has 122 valence electrons. The molecule has 1 aliphatic heterocycles. The van der Waals surface area contributed by atoms with Crippen LogP contribution in [0, 0.1) is 0 Å². The third-order valence-corrected chi connectivity index (χ3v) is 3.62. The molecule has 1 unspecified atom stereocenters. The number of carboxylic acids is 1. The molecule has 1 N–H and O–H groups in total. The maximum absolute atomic E-state index is 11.7. The minimum absolute atomic E-state index is 0.154. The number of aromatic nitrogens is 3. The Labute approximate surface area is 128 Å². The van der Waals surface area contributed by atoms with E-state index < -0.39 is 12.6 Å². The Balaban J connectivity index is 1.96. The summed E-state index contributed by atoms with van der Waals surface area (Å²) in [6, 6.07) is -0.154. The number of likely N-dealkylation sites (tertiary alicyclic amines) is 1. The van der Waals surface area contributed by atoms with E-state index in [9.17, 15) is 9.59 Å². The molecule has 1 atom stereocenters. The minimum atomic E-state index is -1.10. The van der Waals surface area contributed by atoms with E-state index in [-0.39, 0.29) is 11.9 Å². The van der Waals surface area contributed by atoms with Gasteiger partial charge in [0.15, 0.2) is 6.61 Å². The maximum atomic E-state index is 11.7. The van der Waals surface area contributed by atoms with Crippen molar-refractivity contribution in [2.45, 2.75) is 32.4 Å². The number of hydrogen-bond donors (Lipinski definition) is 1. The molecule has 0 radical (unpaired) electrons. The number of piperidine rings is 1. The predicted octanol–water partition coefficient (Wildman–Crippen LogP) is -0.356. The second kappa shape index (κ2) is 7.32. The monoisotopic (exact) mass is 311 g/mol. The van der Waals surface area contributed by atoms with Crippen LogP contribution in [0.3, 0.4) is 0 Å². The summed E-state index contributed by atoms with van der Waals surface area (Å²) in [6.45, 7) is 3.01. The first-order valence-electron chi connectivity index (χ1n) is 7.17. The van der Waals surface area contributed by atoms with Gasteiger partial charge < -0.3 is 9.67 Å². The van der Waals surface area contributed by atoms with E-state index in [4.69, 9.17) is 9.94 Å². The van der Waals surface area contributed by atoms with Crippen molar-refractivity contribution < 1.29 is 19.5 Å². The Kier molecular flexibility index (Phi) is 5.45. The summed E-state index contributed by atoms with van der Waals surface area (Å²) in [5, 5.41) is 17.8. The van der Waals surface area contributed by atoms with Gasteiger partial charge in [-0.1, -0.05) is 0 Å². The summed E-state index contributed by atoms with van der Waals surface area (Å²) in [5.41, 5.74) is 0. The van der Waals surface area contributed by atoms with E-state index in [0.29, 0.717) is 13.1 Å². The SMILES string of the molecule is CC(=O)N(OCC(=O)O)C1CCCN(Cc2nncn2C)C1. The fraction of sp³-hybridized carbons (Fsp3) is 0.692. The molecule has 2 rings (SSSR count). The molecule has 1 aromatic rings. The highest BCUT2D eigenvalue weighted by atomic mass is 16.7. The molecule has 0 saturated carbocycles. The fourth-order valence-electron chi connectivity index (χ4n) is 2.59. The number of amides is 1. The molecule has 1 aliphatic rings. The van der Waals surface area contributed by atoms with E-state index in [2.05, 4.69) is 15.1 Å². The predicted molar refractivity (Wildman–Crippen MR) is 75.4 cm³/mol. The quantitative estimate of drug-likeness (QED) is 0.716. The van der Waals surface area contributed by atoms with Crippen LogP contribution in [0.1, 0.15) is 25.6 Å². The maximum Gasteiger partial charge on any atom is 0.332 e. The van der Waals surface area contributed by atoms with Gasteiger partial charge in [-0.05, 0) is 19.4 Å². The molecule has 1 amide bonds. The third kappa shape index (κ3) is 4.25. The largest absolute Gasteiger partial charge is 0.479 e. The van der Waals surface area contributed by atoms with Crippen LogP contribution in [-0.4, -0.2) is 67.4 Å². The number of hydroxylamine groups is 2. The Morgan fingerprint density at radius 2 is 2.32 bits per heavy atom. The van der Waals surface area contributed by atoms with Crippen LogP contribution in [-0.2, 0) is 28.0 Å². The van der Waals surface area contributed by atoms with Crippen LogP contribution in [0.25, 0.3) is 0 Å². The van der Waals surface area contributed by atoms with Crippen molar-refractivity contribution in [3.05, 3.63) is 12.2 Å². The zero-order chi connectivity index (χ0) is 16.1. The van der Waals surface area contributed by atoms with E-state index in [1.54, 1.807) is 6.33 Å². The van der Waals surface area contributed by atoms with Crippen LogP contribution in [0.5, 0.6) is 0 Å². The summed E-state index contributed by atoms with van der Waals surface area (Å²) >= 11 is 0. The van der Waals surface area contributed by atoms with Crippen LogP contribution < -0.4 is 0 Å². The molecular formula is C13H21N5O4. The van der Waals surface area contributed by atoms with E-state index >= 15 is 0 Å². The van der Waals surface area contributed by atoms with Crippen molar-refractivity contribution in [3.63, 3.8) is 0 Å². The second-order valence-electron chi connectivity index (χ2n) is 5.40. The van der Waals surface area contributed by atoms with Gasteiger partial charge in [0.1, 0.15) is 12.2 Å². The Morgan fingerprint density at radius 1 is 1.55 bits per heavy atom. The normalized spacial score (nSPS) is 19.1. The Hall–Kier alpha value is -2.00. The lowest BCUT2D eigenvalue weighted by Crippen LogP contribution is -2.49. The van der Waals surface area contributed by atoms with Crippen molar-refractivity contribution in [3.8, 4) is 0 Å². The zero-order valence-electron chi connectivity index (χ0n) is 12.8. The van der Waals surface area contributed by atoms with E-state index in [0.717, 1.165) is 25.2 Å². The standard InChI is InChI=1S/C13H21N5O4/c1-10(19)18(22-8-13(20)21)11-4-3-5-17(6-11)7-12-15-14-9-16(12)2/h9,11H,3-8H2,1-2H3,(H,20,21). The number of aryl methyl sites for hydroxylation is 1. The molecule has 0 bridgehead atoms. The summed E-state index contributed by atoms with van der Waals surface area (Å²) in [7, 11) is 1.88. The van der Waals surface area contributed by atoms with Gasteiger partial charge in [-0.15, -0.1) is 10.2 Å². The van der Waals surface area contributed by atoms with Crippen LogP contribution in [0.2, 0.25) is 0 Å².